The number of hydrogen-bond acceptors (Lipinski definition) is 4. The maximum atomic E-state index is 6.13. The van der Waals surface area contributed by atoms with Gasteiger partial charge in [-0.2, -0.15) is 0 Å². The Morgan fingerprint density at radius 2 is 2.09 bits per heavy atom. The molecule has 112 valence electrons. The molecule has 0 aliphatic carbocycles. The summed E-state index contributed by atoms with van der Waals surface area (Å²) in [5.74, 6) is 0.847. The van der Waals surface area contributed by atoms with Crippen LogP contribution >= 0.6 is 0 Å². The van der Waals surface area contributed by atoms with Crippen LogP contribution in [0.3, 0.4) is 0 Å². The van der Waals surface area contributed by atoms with Crippen LogP contribution in [0.15, 0.2) is 42.5 Å². The number of para-hydroxylation sites is 1. The van der Waals surface area contributed by atoms with Crippen LogP contribution in [0, 0.1) is 6.92 Å². The van der Waals surface area contributed by atoms with Gasteiger partial charge in [-0.25, -0.2) is 4.68 Å². The fraction of sp³-hybridized carbons (Fsp3) is 0.294. The summed E-state index contributed by atoms with van der Waals surface area (Å²) < 4.78 is 13.4. The highest BCUT2D eigenvalue weighted by Crippen LogP contribution is 2.38. The molecule has 2 aromatic carbocycles. The fourth-order valence-corrected chi connectivity index (χ4v) is 2.64. The second kappa shape index (κ2) is 5.10. The molecule has 0 amide bonds. The largest absolute Gasteiger partial charge is 0.469 e. The van der Waals surface area contributed by atoms with Crippen LogP contribution in [0.1, 0.15) is 30.4 Å². The van der Waals surface area contributed by atoms with E-state index in [1.54, 1.807) is 4.68 Å². The third-order valence-electron chi connectivity index (χ3n) is 3.86. The molecule has 1 saturated heterocycles. The molecule has 4 rings (SSSR count). The van der Waals surface area contributed by atoms with Crippen LogP contribution in [0.25, 0.3) is 11.0 Å². The Bertz CT molecular complexity index is 824. The number of epoxide rings is 1. The molecule has 2 atom stereocenters. The number of benzene rings is 2. The Balaban J connectivity index is 1.66. The van der Waals surface area contributed by atoms with Gasteiger partial charge in [0.15, 0.2) is 6.23 Å². The van der Waals surface area contributed by atoms with Crippen LogP contribution in [0.4, 0.5) is 0 Å². The predicted molar refractivity (Wildman–Crippen MR) is 82.7 cm³/mol. The van der Waals surface area contributed by atoms with Crippen molar-refractivity contribution in [1.29, 1.82) is 0 Å². The fourth-order valence-electron chi connectivity index (χ4n) is 2.64. The second-order valence-electron chi connectivity index (χ2n) is 5.60. The zero-order valence-corrected chi connectivity index (χ0v) is 12.6. The molecule has 1 aliphatic heterocycles. The zero-order valence-electron chi connectivity index (χ0n) is 12.6. The lowest BCUT2D eigenvalue weighted by Crippen LogP contribution is -2.14. The molecule has 5 nitrogen and oxygen atoms in total. The Morgan fingerprint density at radius 1 is 1.27 bits per heavy atom. The summed E-state index contributed by atoms with van der Waals surface area (Å²) in [6.45, 7) is 4.81. The van der Waals surface area contributed by atoms with Gasteiger partial charge in [-0.05, 0) is 38.1 Å². The summed E-state index contributed by atoms with van der Waals surface area (Å²) in [6, 6.07) is 14.0. The monoisotopic (exact) mass is 295 g/mol. The van der Waals surface area contributed by atoms with E-state index in [9.17, 15) is 0 Å². The lowest BCUT2D eigenvalue weighted by atomic mass is 10.1. The van der Waals surface area contributed by atoms with Gasteiger partial charge in [0.05, 0.1) is 12.1 Å². The zero-order chi connectivity index (χ0) is 15.1. The topological polar surface area (TPSA) is 52.5 Å². The van der Waals surface area contributed by atoms with Crippen molar-refractivity contribution in [3.63, 3.8) is 0 Å². The van der Waals surface area contributed by atoms with Crippen molar-refractivity contribution in [3.8, 4) is 5.75 Å². The Hall–Kier alpha value is -2.40. The standard InChI is InChI=1S/C17H17N3O2/c1-11-7-8-16(13(9-11)17-10-21-17)22-12(2)20-15-6-4-3-5-14(15)18-19-20/h3-9,12,17H,10H2,1-2H3. The SMILES string of the molecule is Cc1ccc(OC(C)n2nnc3ccccc32)c(C2CO2)c1. The first-order valence-corrected chi connectivity index (χ1v) is 7.41. The van der Waals surface area contributed by atoms with Gasteiger partial charge in [0.25, 0.3) is 0 Å². The number of fused-ring (bicyclic) bond motifs is 1. The van der Waals surface area contributed by atoms with Gasteiger partial charge in [0.2, 0.25) is 0 Å². The summed E-state index contributed by atoms with van der Waals surface area (Å²) in [6.07, 6.45) is -0.0813. The second-order valence-corrected chi connectivity index (χ2v) is 5.60. The average molecular weight is 295 g/mol. The molecule has 2 unspecified atom stereocenters. The maximum Gasteiger partial charge on any atom is 0.191 e. The quantitative estimate of drug-likeness (QED) is 0.692. The van der Waals surface area contributed by atoms with Crippen molar-refractivity contribution < 1.29 is 9.47 Å². The highest BCUT2D eigenvalue weighted by molar-refractivity contribution is 5.73. The highest BCUT2D eigenvalue weighted by atomic mass is 16.6. The molecule has 0 saturated carbocycles. The minimum Gasteiger partial charge on any atom is -0.469 e. The number of aromatic nitrogens is 3. The van der Waals surface area contributed by atoms with Crippen LogP contribution in [-0.4, -0.2) is 21.6 Å². The number of rotatable bonds is 4. The summed E-state index contributed by atoms with van der Waals surface area (Å²) in [5.41, 5.74) is 4.15. The van der Waals surface area contributed by atoms with Crippen molar-refractivity contribution in [3.05, 3.63) is 53.6 Å². The normalized spacial score (nSPS) is 18.4. The lowest BCUT2D eigenvalue weighted by molar-refractivity contribution is 0.138. The van der Waals surface area contributed by atoms with E-state index in [1.807, 2.05) is 43.3 Å². The van der Waals surface area contributed by atoms with E-state index in [4.69, 9.17) is 9.47 Å². The maximum absolute atomic E-state index is 6.13. The molecule has 3 aromatic rings. The third kappa shape index (κ3) is 2.33. The molecule has 22 heavy (non-hydrogen) atoms. The van der Waals surface area contributed by atoms with E-state index in [0.717, 1.165) is 29.0 Å². The predicted octanol–water partition coefficient (Wildman–Crippen LogP) is 3.41. The van der Waals surface area contributed by atoms with E-state index in [0.29, 0.717) is 0 Å². The molecule has 0 bridgehead atoms. The molecular weight excluding hydrogens is 278 g/mol. The van der Waals surface area contributed by atoms with Gasteiger partial charge in [0.1, 0.15) is 17.4 Å². The van der Waals surface area contributed by atoms with Crippen LogP contribution in [0.5, 0.6) is 5.75 Å². The smallest absolute Gasteiger partial charge is 0.191 e. The van der Waals surface area contributed by atoms with Gasteiger partial charge in [-0.3, -0.25) is 0 Å². The molecular formula is C17H17N3O2. The van der Waals surface area contributed by atoms with E-state index < -0.39 is 0 Å². The average Bonchev–Trinajstić information content (AvgIpc) is 3.28. The molecule has 1 fully saturated rings. The first-order chi connectivity index (χ1) is 10.7. The summed E-state index contributed by atoms with van der Waals surface area (Å²) in [7, 11) is 0. The minimum absolute atomic E-state index is 0.162. The van der Waals surface area contributed by atoms with E-state index >= 15 is 0 Å². The van der Waals surface area contributed by atoms with Crippen molar-refractivity contribution >= 4 is 11.0 Å². The van der Waals surface area contributed by atoms with Crippen molar-refractivity contribution in [2.45, 2.75) is 26.2 Å². The molecule has 0 radical (unpaired) electrons. The van der Waals surface area contributed by atoms with Gasteiger partial charge in [-0.1, -0.05) is 29.0 Å². The lowest BCUT2D eigenvalue weighted by Gasteiger charge is -2.17. The number of ether oxygens (including phenoxy) is 2. The van der Waals surface area contributed by atoms with Gasteiger partial charge >= 0.3 is 0 Å². The third-order valence-corrected chi connectivity index (χ3v) is 3.86. The molecule has 5 heteroatoms. The minimum atomic E-state index is -0.243. The van der Waals surface area contributed by atoms with Crippen LogP contribution < -0.4 is 4.74 Å². The van der Waals surface area contributed by atoms with Gasteiger partial charge in [0, 0.05) is 5.56 Å². The van der Waals surface area contributed by atoms with Crippen molar-refractivity contribution in [1.82, 2.24) is 15.0 Å². The Kier molecular flexibility index (Phi) is 3.08. The Labute approximate surface area is 128 Å². The van der Waals surface area contributed by atoms with Crippen molar-refractivity contribution in [2.75, 3.05) is 6.61 Å². The van der Waals surface area contributed by atoms with Crippen LogP contribution in [0.2, 0.25) is 0 Å². The summed E-state index contributed by atoms with van der Waals surface area (Å²) >= 11 is 0. The first kappa shape index (κ1) is 13.3. The van der Waals surface area contributed by atoms with E-state index in [2.05, 4.69) is 23.3 Å². The van der Waals surface area contributed by atoms with Gasteiger partial charge < -0.3 is 9.47 Å². The van der Waals surface area contributed by atoms with Gasteiger partial charge in [-0.15, -0.1) is 5.10 Å². The van der Waals surface area contributed by atoms with Crippen LogP contribution in [-0.2, 0) is 4.74 Å². The molecule has 0 N–H and O–H groups in total. The molecule has 1 aromatic heterocycles. The molecule has 1 aliphatic rings. The molecule has 2 heterocycles. The van der Waals surface area contributed by atoms with E-state index in [-0.39, 0.29) is 12.3 Å². The van der Waals surface area contributed by atoms with Crippen molar-refractivity contribution in [2.24, 2.45) is 0 Å². The first-order valence-electron chi connectivity index (χ1n) is 7.41. The number of nitrogens with zero attached hydrogens (tertiary/aromatic N) is 3. The molecule has 0 spiro atoms. The number of aryl methyl sites for hydroxylation is 1. The Morgan fingerprint density at radius 3 is 2.91 bits per heavy atom. The highest BCUT2D eigenvalue weighted by Gasteiger charge is 2.29. The number of hydrogen-bond donors (Lipinski definition) is 0. The summed E-state index contributed by atoms with van der Waals surface area (Å²) in [4.78, 5) is 0. The van der Waals surface area contributed by atoms with E-state index in [1.165, 1.54) is 5.56 Å². The summed E-state index contributed by atoms with van der Waals surface area (Å²) in [5, 5.41) is 8.38.